The summed E-state index contributed by atoms with van der Waals surface area (Å²) in [5.41, 5.74) is 5.37. The summed E-state index contributed by atoms with van der Waals surface area (Å²) in [6.45, 7) is 1.81. The molecule has 0 unspecified atom stereocenters. The normalized spacial score (nSPS) is 11.0. The molecule has 0 bridgehead atoms. The quantitative estimate of drug-likeness (QED) is 0.349. The Labute approximate surface area is 203 Å². The van der Waals surface area contributed by atoms with E-state index in [0.717, 1.165) is 23.3 Å². The number of rotatable bonds is 5. The maximum atomic E-state index is 13.2. The number of hydrogen-bond donors (Lipinski definition) is 3. The van der Waals surface area contributed by atoms with Crippen LogP contribution in [0.3, 0.4) is 0 Å². The first-order valence-corrected chi connectivity index (χ1v) is 10.6. The molecular weight excluding hydrogens is 473 g/mol. The Morgan fingerprint density at radius 1 is 0.889 bits per heavy atom. The van der Waals surface area contributed by atoms with E-state index < -0.39 is 29.1 Å². The van der Waals surface area contributed by atoms with Gasteiger partial charge in [0.25, 0.3) is 11.8 Å². The molecule has 4 aromatic rings. The highest BCUT2D eigenvalue weighted by molar-refractivity contribution is 6.00. The van der Waals surface area contributed by atoms with E-state index in [4.69, 9.17) is 0 Å². The molecule has 0 saturated heterocycles. The van der Waals surface area contributed by atoms with Crippen molar-refractivity contribution >= 4 is 23.5 Å². The van der Waals surface area contributed by atoms with Crippen LogP contribution >= 0.6 is 0 Å². The summed E-state index contributed by atoms with van der Waals surface area (Å²) in [5.74, 6) is -1.53. The van der Waals surface area contributed by atoms with Crippen molar-refractivity contribution < 1.29 is 22.8 Å². The van der Waals surface area contributed by atoms with Gasteiger partial charge in [-0.15, -0.1) is 0 Å². The number of pyridine rings is 1. The van der Waals surface area contributed by atoms with Gasteiger partial charge >= 0.3 is 6.18 Å². The molecule has 0 spiro atoms. The largest absolute Gasteiger partial charge is 0.417 e. The third-order valence-corrected chi connectivity index (χ3v) is 5.13. The summed E-state index contributed by atoms with van der Waals surface area (Å²) in [5, 5.41) is 3.06. The second-order valence-electron chi connectivity index (χ2n) is 7.61. The zero-order valence-electron chi connectivity index (χ0n) is 18.8. The van der Waals surface area contributed by atoms with Crippen LogP contribution in [0.2, 0.25) is 0 Å². The van der Waals surface area contributed by atoms with Crippen molar-refractivity contribution in [1.82, 2.24) is 25.8 Å². The molecule has 36 heavy (non-hydrogen) atoms. The number of alkyl halides is 3. The molecule has 0 radical (unpaired) electrons. The second kappa shape index (κ2) is 10.2. The van der Waals surface area contributed by atoms with E-state index in [1.807, 2.05) is 18.4 Å². The summed E-state index contributed by atoms with van der Waals surface area (Å²) in [4.78, 5) is 37.6. The number of anilines is 2. The van der Waals surface area contributed by atoms with Crippen molar-refractivity contribution in [3.05, 3.63) is 102 Å². The first-order chi connectivity index (χ1) is 17.2. The van der Waals surface area contributed by atoms with Crippen LogP contribution in [0.25, 0.3) is 11.3 Å². The fraction of sp³-hybridized carbons (Fsp3) is 0.0800. The summed E-state index contributed by atoms with van der Waals surface area (Å²) in [7, 11) is 0. The Hall–Kier alpha value is -4.80. The molecule has 2 heterocycles. The van der Waals surface area contributed by atoms with Gasteiger partial charge in [-0.25, -0.2) is 9.97 Å². The number of amides is 2. The van der Waals surface area contributed by atoms with Crippen LogP contribution in [0.1, 0.15) is 31.8 Å². The van der Waals surface area contributed by atoms with E-state index in [2.05, 4.69) is 25.7 Å². The number of halogens is 3. The molecule has 2 aromatic heterocycles. The van der Waals surface area contributed by atoms with Crippen LogP contribution in [0.5, 0.6) is 0 Å². The van der Waals surface area contributed by atoms with Gasteiger partial charge in [0.2, 0.25) is 5.95 Å². The molecule has 0 aliphatic heterocycles. The van der Waals surface area contributed by atoms with Crippen molar-refractivity contribution in [3.8, 4) is 11.3 Å². The van der Waals surface area contributed by atoms with E-state index in [9.17, 15) is 22.8 Å². The average molecular weight is 492 g/mol. The lowest BCUT2D eigenvalue weighted by atomic mass is 10.1. The molecule has 11 heteroatoms. The predicted molar refractivity (Wildman–Crippen MR) is 126 cm³/mol. The minimum atomic E-state index is -4.72. The highest BCUT2D eigenvalue weighted by Crippen LogP contribution is 2.31. The number of hydrogen-bond acceptors (Lipinski definition) is 6. The zero-order valence-corrected chi connectivity index (χ0v) is 18.8. The van der Waals surface area contributed by atoms with Crippen molar-refractivity contribution in [2.24, 2.45) is 0 Å². The molecule has 2 amide bonds. The lowest BCUT2D eigenvalue weighted by molar-refractivity contribution is -0.137. The smallest absolute Gasteiger partial charge is 0.324 e. The van der Waals surface area contributed by atoms with Gasteiger partial charge in [-0.2, -0.15) is 13.2 Å². The molecule has 0 aliphatic carbocycles. The van der Waals surface area contributed by atoms with Crippen LogP contribution < -0.4 is 16.2 Å². The average Bonchev–Trinajstić information content (AvgIpc) is 2.88. The van der Waals surface area contributed by atoms with Gasteiger partial charge in [0.15, 0.2) is 0 Å². The Kier molecular flexibility index (Phi) is 6.91. The van der Waals surface area contributed by atoms with Gasteiger partial charge in [-0.1, -0.05) is 18.2 Å². The van der Waals surface area contributed by atoms with E-state index in [1.165, 1.54) is 24.3 Å². The van der Waals surface area contributed by atoms with Crippen molar-refractivity contribution in [1.29, 1.82) is 0 Å². The molecule has 8 nitrogen and oxygen atoms in total. The van der Waals surface area contributed by atoms with Crippen LogP contribution in [0.15, 0.2) is 79.3 Å². The summed E-state index contributed by atoms with van der Waals surface area (Å²) in [6.07, 6.45) is 0.189. The fourth-order valence-electron chi connectivity index (χ4n) is 3.29. The zero-order chi connectivity index (χ0) is 25.7. The third kappa shape index (κ3) is 5.63. The highest BCUT2D eigenvalue weighted by atomic mass is 19.4. The number of carbonyl (C=O) groups excluding carboxylic acids is 2. The fourth-order valence-corrected chi connectivity index (χ4v) is 3.29. The number of aromatic nitrogens is 3. The molecule has 0 saturated carbocycles. The molecule has 182 valence electrons. The highest BCUT2D eigenvalue weighted by Gasteiger charge is 2.34. The van der Waals surface area contributed by atoms with E-state index in [0.29, 0.717) is 11.4 Å². The lowest BCUT2D eigenvalue weighted by Gasteiger charge is -2.14. The molecule has 3 N–H and O–H groups in total. The number of hydrazine groups is 1. The summed E-state index contributed by atoms with van der Waals surface area (Å²) >= 11 is 0. The maximum Gasteiger partial charge on any atom is 0.417 e. The maximum absolute atomic E-state index is 13.2. The first kappa shape index (κ1) is 24.3. The molecule has 4 rings (SSSR count). The van der Waals surface area contributed by atoms with Gasteiger partial charge in [0.05, 0.1) is 16.8 Å². The number of benzene rings is 2. The molecule has 0 aliphatic rings. The molecule has 0 atom stereocenters. The van der Waals surface area contributed by atoms with Gasteiger partial charge in [0.1, 0.15) is 0 Å². The molecule has 2 aromatic carbocycles. The lowest BCUT2D eigenvalue weighted by Crippen LogP contribution is -2.42. The van der Waals surface area contributed by atoms with Gasteiger partial charge in [-0.3, -0.25) is 25.4 Å². The predicted octanol–water partition coefficient (Wildman–Crippen LogP) is 4.68. The Morgan fingerprint density at radius 3 is 2.42 bits per heavy atom. The standard InChI is InChI=1S/C25H19F3N6O2/c1-15-8-9-16(22(35)33-34-23(36)18-6-2-3-7-19(18)25(26,27)28)13-21(15)32-24-30-12-10-20(31-24)17-5-4-11-29-14-17/h2-14H,1H3,(H,33,35)(H,34,36)(H,30,31,32). The Morgan fingerprint density at radius 2 is 1.67 bits per heavy atom. The van der Waals surface area contributed by atoms with Crippen LogP contribution in [0, 0.1) is 6.92 Å². The van der Waals surface area contributed by atoms with Crippen LogP contribution in [-0.4, -0.2) is 26.8 Å². The number of nitrogens with zero attached hydrogens (tertiary/aromatic N) is 3. The van der Waals surface area contributed by atoms with Crippen molar-refractivity contribution in [3.63, 3.8) is 0 Å². The molecule has 0 fully saturated rings. The third-order valence-electron chi connectivity index (χ3n) is 5.13. The number of carbonyl (C=O) groups is 2. The second-order valence-corrected chi connectivity index (χ2v) is 7.61. The SMILES string of the molecule is Cc1ccc(C(=O)NNC(=O)c2ccccc2C(F)(F)F)cc1Nc1nccc(-c2cccnc2)n1. The van der Waals surface area contributed by atoms with Crippen molar-refractivity contribution in [2.75, 3.05) is 5.32 Å². The minimum Gasteiger partial charge on any atom is -0.324 e. The van der Waals surface area contributed by atoms with Gasteiger partial charge in [-0.05, 0) is 55.0 Å². The first-order valence-electron chi connectivity index (χ1n) is 10.6. The van der Waals surface area contributed by atoms with Crippen LogP contribution in [0.4, 0.5) is 24.8 Å². The topological polar surface area (TPSA) is 109 Å². The monoisotopic (exact) mass is 492 g/mol. The van der Waals surface area contributed by atoms with E-state index in [1.54, 1.807) is 36.8 Å². The summed E-state index contributed by atoms with van der Waals surface area (Å²) < 4.78 is 39.5. The number of aryl methyl sites for hydroxylation is 1. The van der Waals surface area contributed by atoms with Gasteiger partial charge < -0.3 is 5.32 Å². The Bertz CT molecular complexity index is 1410. The van der Waals surface area contributed by atoms with Gasteiger partial charge in [0, 0.05) is 35.4 Å². The Balaban J connectivity index is 1.47. The van der Waals surface area contributed by atoms with E-state index >= 15 is 0 Å². The summed E-state index contributed by atoms with van der Waals surface area (Å²) in [6, 6.07) is 14.4. The van der Waals surface area contributed by atoms with Crippen molar-refractivity contribution in [2.45, 2.75) is 13.1 Å². The number of nitrogens with one attached hydrogen (secondary N) is 3. The molecular formula is C25H19F3N6O2. The van der Waals surface area contributed by atoms with E-state index in [-0.39, 0.29) is 11.5 Å². The van der Waals surface area contributed by atoms with Crippen LogP contribution in [-0.2, 0) is 6.18 Å². The minimum absolute atomic E-state index is 0.149.